The van der Waals surface area contributed by atoms with Crippen molar-refractivity contribution in [2.24, 2.45) is 0 Å². The van der Waals surface area contributed by atoms with Crippen LogP contribution in [-0.4, -0.2) is 78.9 Å². The number of hydrogen-bond donors (Lipinski definition) is 1. The Morgan fingerprint density at radius 3 is 2.34 bits per heavy atom. The van der Waals surface area contributed by atoms with Crippen molar-refractivity contribution < 1.29 is 18.3 Å². The summed E-state index contributed by atoms with van der Waals surface area (Å²) in [5, 5.41) is 9.54. The van der Waals surface area contributed by atoms with Crippen molar-refractivity contribution in [3.63, 3.8) is 0 Å². The maximum Gasteiger partial charge on any atom is 0.272 e. The van der Waals surface area contributed by atoms with E-state index in [2.05, 4.69) is 16.0 Å². The molecule has 0 spiro atoms. The molecule has 10 heteroatoms. The van der Waals surface area contributed by atoms with Gasteiger partial charge in [-0.25, -0.2) is 18.4 Å². The first kappa shape index (κ1) is 22.7. The molecule has 2 saturated heterocycles. The molecule has 4 fully saturated rings. The molecule has 0 aromatic carbocycles. The second-order valence-corrected chi connectivity index (χ2v) is 12.1. The third-order valence-corrected chi connectivity index (χ3v) is 9.48. The van der Waals surface area contributed by atoms with Crippen LogP contribution in [-0.2, 0) is 10.0 Å². The van der Waals surface area contributed by atoms with Crippen molar-refractivity contribution in [2.45, 2.75) is 50.0 Å². The summed E-state index contributed by atoms with van der Waals surface area (Å²) in [5.41, 5.74) is 3.44. The maximum absolute atomic E-state index is 13.1. The van der Waals surface area contributed by atoms with Crippen LogP contribution in [0.15, 0.2) is 30.6 Å². The van der Waals surface area contributed by atoms with Crippen LogP contribution in [0.25, 0.3) is 0 Å². The van der Waals surface area contributed by atoms with Gasteiger partial charge in [0.15, 0.2) is 0 Å². The summed E-state index contributed by atoms with van der Waals surface area (Å²) in [7, 11) is -3.47. The number of carbonyl (C=O) groups excluding carboxylic acids is 1. The zero-order chi connectivity index (χ0) is 24.2. The summed E-state index contributed by atoms with van der Waals surface area (Å²) < 4.78 is 26.0. The number of sulfonamides is 1. The van der Waals surface area contributed by atoms with Gasteiger partial charge < -0.3 is 14.9 Å². The van der Waals surface area contributed by atoms with Gasteiger partial charge in [-0.05, 0) is 67.2 Å². The number of hydrogen-bond acceptors (Lipinski definition) is 7. The molecule has 186 valence electrons. The van der Waals surface area contributed by atoms with Gasteiger partial charge >= 0.3 is 0 Å². The number of rotatable bonds is 6. The Bertz CT molecular complexity index is 1220. The molecule has 4 heterocycles. The lowest BCUT2D eigenvalue weighted by Gasteiger charge is -2.36. The Balaban J connectivity index is 1.12. The van der Waals surface area contributed by atoms with Crippen molar-refractivity contribution >= 4 is 27.4 Å². The molecule has 2 aliphatic heterocycles. The van der Waals surface area contributed by atoms with Gasteiger partial charge in [-0.2, -0.15) is 0 Å². The van der Waals surface area contributed by atoms with Crippen LogP contribution in [0, 0.1) is 0 Å². The number of carbonyl (C=O) groups is 1. The van der Waals surface area contributed by atoms with E-state index < -0.39 is 16.1 Å². The van der Waals surface area contributed by atoms with E-state index in [0.29, 0.717) is 42.7 Å². The smallest absolute Gasteiger partial charge is 0.272 e. The Kier molecular flexibility index (Phi) is 5.68. The van der Waals surface area contributed by atoms with Gasteiger partial charge in [0, 0.05) is 32.4 Å². The van der Waals surface area contributed by atoms with Gasteiger partial charge in [-0.15, -0.1) is 0 Å². The molecule has 2 aliphatic carbocycles. The first-order chi connectivity index (χ1) is 16.9. The summed E-state index contributed by atoms with van der Waals surface area (Å²) in [5.74, 6) is 2.26. The van der Waals surface area contributed by atoms with Crippen LogP contribution in [0.1, 0.15) is 65.6 Å². The molecule has 0 bridgehead atoms. The van der Waals surface area contributed by atoms with E-state index in [1.807, 2.05) is 6.20 Å². The van der Waals surface area contributed by atoms with E-state index in [9.17, 15) is 18.3 Å². The molecule has 35 heavy (non-hydrogen) atoms. The predicted octanol–water partition coefficient (Wildman–Crippen LogP) is 2.09. The zero-order valence-electron chi connectivity index (χ0n) is 19.7. The van der Waals surface area contributed by atoms with Crippen LogP contribution in [0.4, 0.5) is 11.5 Å². The second-order valence-electron chi connectivity index (χ2n) is 10.1. The fourth-order valence-corrected chi connectivity index (χ4v) is 7.10. The molecule has 1 amide bonds. The average molecular weight is 498 g/mol. The molecular weight excluding hydrogens is 466 g/mol. The Morgan fingerprint density at radius 2 is 1.71 bits per heavy atom. The number of nitrogens with zero attached hydrogens (tertiary/aromatic N) is 5. The predicted molar refractivity (Wildman–Crippen MR) is 132 cm³/mol. The molecular formula is C25H31N5O4S. The van der Waals surface area contributed by atoms with E-state index in [1.54, 1.807) is 17.0 Å². The third-order valence-electron chi connectivity index (χ3n) is 7.62. The second kappa shape index (κ2) is 8.74. The van der Waals surface area contributed by atoms with Crippen LogP contribution in [0.5, 0.6) is 0 Å². The highest BCUT2D eigenvalue weighted by Gasteiger charge is 2.37. The highest BCUT2D eigenvalue weighted by molar-refractivity contribution is 7.93. The van der Waals surface area contributed by atoms with Crippen molar-refractivity contribution in [3.05, 3.63) is 47.4 Å². The summed E-state index contributed by atoms with van der Waals surface area (Å²) in [6.07, 6.45) is 8.87. The van der Waals surface area contributed by atoms with Crippen LogP contribution < -0.4 is 9.21 Å². The number of aliphatic hydroxyl groups excluding tert-OH is 1. The van der Waals surface area contributed by atoms with Crippen LogP contribution in [0.2, 0.25) is 0 Å². The summed E-state index contributed by atoms with van der Waals surface area (Å²) in [6, 6.07) is 5.08. The Hall–Kier alpha value is -2.72. The molecule has 9 nitrogen and oxygen atoms in total. The molecule has 2 aromatic rings. The topological polar surface area (TPSA) is 107 Å². The number of piperazine rings is 1. The lowest BCUT2D eigenvalue weighted by molar-refractivity contribution is 0.0740. The molecule has 2 saturated carbocycles. The summed E-state index contributed by atoms with van der Waals surface area (Å²) in [4.78, 5) is 26.3. The lowest BCUT2D eigenvalue weighted by Crippen LogP contribution is -2.49. The van der Waals surface area contributed by atoms with Crippen molar-refractivity contribution in [2.75, 3.05) is 47.7 Å². The van der Waals surface area contributed by atoms with E-state index >= 15 is 0 Å². The van der Waals surface area contributed by atoms with Gasteiger partial charge in [0.2, 0.25) is 10.0 Å². The maximum atomic E-state index is 13.1. The van der Waals surface area contributed by atoms with Gasteiger partial charge in [-0.3, -0.25) is 9.10 Å². The van der Waals surface area contributed by atoms with Gasteiger partial charge in [0.25, 0.3) is 5.91 Å². The number of aliphatic hydroxyl groups is 1. The molecule has 4 aliphatic rings. The van der Waals surface area contributed by atoms with Crippen LogP contribution in [0.3, 0.4) is 0 Å². The van der Waals surface area contributed by atoms with E-state index in [4.69, 9.17) is 4.98 Å². The molecule has 6 rings (SSSR count). The summed E-state index contributed by atoms with van der Waals surface area (Å²) >= 11 is 0. The fraction of sp³-hybridized carbons (Fsp3) is 0.560. The number of pyridine rings is 2. The largest absolute Gasteiger partial charge is 0.394 e. The Morgan fingerprint density at radius 1 is 0.971 bits per heavy atom. The molecule has 2 aromatic heterocycles. The highest BCUT2D eigenvalue weighted by atomic mass is 32.2. The molecule has 0 unspecified atom stereocenters. The minimum absolute atomic E-state index is 0.00378. The first-order valence-corrected chi connectivity index (χ1v) is 14.2. The fourth-order valence-electron chi connectivity index (χ4n) is 5.28. The highest BCUT2D eigenvalue weighted by Crippen LogP contribution is 2.47. The minimum Gasteiger partial charge on any atom is -0.394 e. The quantitative estimate of drug-likeness (QED) is 0.651. The number of anilines is 2. The van der Waals surface area contributed by atoms with E-state index in [1.165, 1.54) is 47.3 Å². The lowest BCUT2D eigenvalue weighted by atomic mass is 10.1. The molecule has 1 N–H and O–H groups in total. The van der Waals surface area contributed by atoms with Crippen molar-refractivity contribution in [1.29, 1.82) is 0 Å². The Labute approximate surface area is 205 Å². The average Bonchev–Trinajstić information content (AvgIpc) is 3.80. The number of amides is 1. The van der Waals surface area contributed by atoms with Gasteiger partial charge in [-0.1, -0.05) is 6.07 Å². The van der Waals surface area contributed by atoms with Crippen LogP contribution >= 0.6 is 0 Å². The SMILES string of the molecule is O=C(c1ccc(N2[C@H](CO)CCS2(=O)=O)cn1)N1CCN(c2ncc(C3CC3)cc2C2CC2)CC1. The van der Waals surface area contributed by atoms with E-state index in [0.717, 1.165) is 18.9 Å². The minimum atomic E-state index is -3.47. The van der Waals surface area contributed by atoms with E-state index in [-0.39, 0.29) is 18.3 Å². The first-order valence-electron chi connectivity index (χ1n) is 12.6. The van der Waals surface area contributed by atoms with Crippen molar-refractivity contribution in [3.8, 4) is 0 Å². The van der Waals surface area contributed by atoms with Gasteiger partial charge in [0.05, 0.1) is 30.3 Å². The summed E-state index contributed by atoms with van der Waals surface area (Å²) in [6.45, 7) is 2.38. The monoisotopic (exact) mass is 497 g/mol. The molecule has 0 radical (unpaired) electrons. The molecule has 1 atom stereocenters. The third kappa shape index (κ3) is 4.38. The normalized spacial score (nSPS) is 24.1. The van der Waals surface area contributed by atoms with Crippen molar-refractivity contribution in [1.82, 2.24) is 14.9 Å². The zero-order valence-corrected chi connectivity index (χ0v) is 20.5. The number of aromatic nitrogens is 2. The van der Waals surface area contributed by atoms with Gasteiger partial charge in [0.1, 0.15) is 11.5 Å². The standard InChI is InChI=1S/C25H31N5O4S/c31-16-21-7-12-35(33,34)30(21)20-5-6-23(26-15-20)25(32)29-10-8-28(9-11-29)24-22(18-3-4-18)13-19(14-27-24)17-1-2-17/h5-6,13-15,17-18,21,31H,1-4,7-12,16H2/t21-/m0/s1.